The van der Waals surface area contributed by atoms with Crippen molar-refractivity contribution >= 4 is 6.09 Å². The van der Waals surface area contributed by atoms with E-state index in [0.717, 1.165) is 12.8 Å². The lowest BCUT2D eigenvalue weighted by molar-refractivity contribution is 0.0970. The fourth-order valence-electron chi connectivity index (χ4n) is 3.82. The molecule has 1 amide bonds. The van der Waals surface area contributed by atoms with Gasteiger partial charge >= 0.3 is 6.09 Å². The van der Waals surface area contributed by atoms with Gasteiger partial charge in [0, 0.05) is 19.0 Å². The zero-order valence-corrected chi connectivity index (χ0v) is 14.2. The van der Waals surface area contributed by atoms with Crippen molar-refractivity contribution in [1.82, 2.24) is 4.90 Å². The van der Waals surface area contributed by atoms with Crippen LogP contribution in [0.15, 0.2) is 66.4 Å². The van der Waals surface area contributed by atoms with Crippen LogP contribution >= 0.6 is 0 Å². The van der Waals surface area contributed by atoms with E-state index in [1.807, 2.05) is 12.1 Å². The topological polar surface area (TPSA) is 29.5 Å². The molecule has 0 spiro atoms. The van der Waals surface area contributed by atoms with Crippen molar-refractivity contribution < 1.29 is 9.53 Å². The molecule has 1 fully saturated rings. The van der Waals surface area contributed by atoms with Crippen LogP contribution in [0.4, 0.5) is 4.79 Å². The number of carbonyl (C=O) groups is 1. The highest BCUT2D eigenvalue weighted by molar-refractivity contribution is 5.79. The first kappa shape index (κ1) is 15.7. The number of hydrogen-bond donors (Lipinski definition) is 0. The molecule has 3 heteroatoms. The number of ether oxygens (including phenoxy) is 1. The summed E-state index contributed by atoms with van der Waals surface area (Å²) in [6.07, 6.45) is 1.46. The van der Waals surface area contributed by atoms with Crippen LogP contribution in [-0.4, -0.2) is 30.7 Å². The highest BCUT2D eigenvalue weighted by Gasteiger charge is 2.30. The van der Waals surface area contributed by atoms with Crippen molar-refractivity contribution in [3.05, 3.63) is 77.5 Å². The zero-order chi connectivity index (χ0) is 17.2. The molecule has 0 aromatic heterocycles. The summed E-state index contributed by atoms with van der Waals surface area (Å²) in [5.74, 6) is 0.116. The van der Waals surface area contributed by atoms with Crippen LogP contribution in [0.1, 0.15) is 29.9 Å². The van der Waals surface area contributed by atoms with E-state index in [0.29, 0.717) is 19.7 Å². The lowest BCUT2D eigenvalue weighted by Crippen LogP contribution is -2.37. The Morgan fingerprint density at radius 1 is 1.04 bits per heavy atom. The minimum absolute atomic E-state index is 0.116. The van der Waals surface area contributed by atoms with E-state index in [1.165, 1.54) is 27.8 Å². The average molecular weight is 331 g/mol. The van der Waals surface area contributed by atoms with Gasteiger partial charge in [0.15, 0.2) is 0 Å². The Morgan fingerprint density at radius 2 is 1.60 bits per heavy atom. The van der Waals surface area contributed by atoms with Gasteiger partial charge in [0.05, 0.1) is 0 Å². The lowest BCUT2D eigenvalue weighted by Gasteiger charge is -2.27. The largest absolute Gasteiger partial charge is 0.448 e. The molecule has 126 valence electrons. The van der Waals surface area contributed by atoms with Crippen molar-refractivity contribution in [3.63, 3.8) is 0 Å². The predicted molar refractivity (Wildman–Crippen MR) is 98.5 cm³/mol. The average Bonchev–Trinajstić information content (AvgIpc) is 3.00. The van der Waals surface area contributed by atoms with Gasteiger partial charge in [-0.3, -0.25) is 0 Å². The van der Waals surface area contributed by atoms with Crippen molar-refractivity contribution in [3.8, 4) is 11.1 Å². The van der Waals surface area contributed by atoms with E-state index in [2.05, 4.69) is 48.7 Å². The normalized spacial score (nSPS) is 16.2. The Hall–Kier alpha value is -2.77. The number of likely N-dealkylation sites (tertiary alicyclic amines) is 1. The summed E-state index contributed by atoms with van der Waals surface area (Å²) in [6.45, 7) is 5.45. The quantitative estimate of drug-likeness (QED) is 0.744. The van der Waals surface area contributed by atoms with Crippen molar-refractivity contribution in [2.75, 3.05) is 19.7 Å². The molecule has 1 aliphatic heterocycles. The molecule has 2 aromatic rings. The first-order valence-electron chi connectivity index (χ1n) is 8.75. The first-order chi connectivity index (χ1) is 12.3. The molecule has 2 aliphatic rings. The number of amides is 1. The second-order valence-corrected chi connectivity index (χ2v) is 6.57. The van der Waals surface area contributed by atoms with E-state index in [4.69, 9.17) is 4.74 Å². The summed E-state index contributed by atoms with van der Waals surface area (Å²) in [4.78, 5) is 14.2. The molecule has 0 atom stereocenters. The molecule has 1 saturated heterocycles. The fourth-order valence-corrected chi connectivity index (χ4v) is 3.82. The third-order valence-electron chi connectivity index (χ3n) is 5.21. The van der Waals surface area contributed by atoms with E-state index < -0.39 is 0 Å². The zero-order valence-electron chi connectivity index (χ0n) is 14.2. The Kier molecular flexibility index (Phi) is 4.17. The van der Waals surface area contributed by atoms with Crippen LogP contribution in [0.3, 0.4) is 0 Å². The molecule has 25 heavy (non-hydrogen) atoms. The number of rotatable bonds is 2. The Balaban J connectivity index is 1.48. The predicted octanol–water partition coefficient (Wildman–Crippen LogP) is 4.74. The SMILES string of the molecule is C=C=C1CCN(C(=O)OCC2c3ccccc3-c3ccccc32)CC1. The third kappa shape index (κ3) is 2.88. The number of hydrogen-bond acceptors (Lipinski definition) is 2. The summed E-state index contributed by atoms with van der Waals surface area (Å²) in [6, 6.07) is 16.8. The lowest BCUT2D eigenvalue weighted by atomic mass is 9.98. The Labute approximate surface area is 148 Å². The van der Waals surface area contributed by atoms with Gasteiger partial charge < -0.3 is 9.64 Å². The van der Waals surface area contributed by atoms with Crippen LogP contribution in [0.5, 0.6) is 0 Å². The molecule has 2 aromatic carbocycles. The molecule has 1 aliphatic carbocycles. The van der Waals surface area contributed by atoms with Gasteiger partial charge in [0.2, 0.25) is 0 Å². The van der Waals surface area contributed by atoms with Crippen molar-refractivity contribution in [2.45, 2.75) is 18.8 Å². The summed E-state index contributed by atoms with van der Waals surface area (Å²) in [7, 11) is 0. The number of fused-ring (bicyclic) bond motifs is 3. The Morgan fingerprint density at radius 3 is 2.16 bits per heavy atom. The van der Waals surface area contributed by atoms with E-state index in [9.17, 15) is 4.79 Å². The van der Waals surface area contributed by atoms with Crippen molar-refractivity contribution in [1.29, 1.82) is 0 Å². The summed E-state index contributed by atoms with van der Waals surface area (Å²) in [5.41, 5.74) is 9.13. The smallest absolute Gasteiger partial charge is 0.409 e. The molecular formula is C22H21NO2. The summed E-state index contributed by atoms with van der Waals surface area (Å²) < 4.78 is 5.69. The van der Waals surface area contributed by atoms with Gasteiger partial charge in [-0.05, 0) is 40.7 Å². The monoisotopic (exact) mass is 331 g/mol. The number of nitrogens with zero attached hydrogens (tertiary/aromatic N) is 1. The maximum absolute atomic E-state index is 12.4. The second-order valence-electron chi connectivity index (χ2n) is 6.57. The van der Waals surface area contributed by atoms with Gasteiger partial charge in [0.1, 0.15) is 6.61 Å². The highest BCUT2D eigenvalue weighted by atomic mass is 16.6. The number of carbonyl (C=O) groups excluding carboxylic acids is 1. The van der Waals surface area contributed by atoms with E-state index in [1.54, 1.807) is 4.90 Å². The summed E-state index contributed by atoms with van der Waals surface area (Å²) >= 11 is 0. The molecule has 3 nitrogen and oxygen atoms in total. The van der Waals surface area contributed by atoms with E-state index >= 15 is 0 Å². The molecule has 0 saturated carbocycles. The third-order valence-corrected chi connectivity index (χ3v) is 5.21. The molecular weight excluding hydrogens is 310 g/mol. The molecule has 0 bridgehead atoms. The second kappa shape index (κ2) is 6.62. The Bertz CT molecular complexity index is 808. The first-order valence-corrected chi connectivity index (χ1v) is 8.75. The number of benzene rings is 2. The molecule has 1 heterocycles. The number of piperidine rings is 1. The molecule has 0 radical (unpaired) electrons. The maximum Gasteiger partial charge on any atom is 0.409 e. The standard InChI is InChI=1S/C22H21NO2/c1-2-16-11-13-23(14-12-16)22(24)25-15-21-19-9-5-3-7-17(19)18-8-4-6-10-20(18)21/h3-10,21H,1,11-15H2. The van der Waals surface area contributed by atoms with E-state index in [-0.39, 0.29) is 12.0 Å². The van der Waals surface area contributed by atoms with Crippen LogP contribution < -0.4 is 0 Å². The fraction of sp³-hybridized carbons (Fsp3) is 0.273. The van der Waals surface area contributed by atoms with Crippen LogP contribution in [0.2, 0.25) is 0 Å². The van der Waals surface area contributed by atoms with Gasteiger partial charge in [-0.25, -0.2) is 4.79 Å². The van der Waals surface area contributed by atoms with Crippen LogP contribution in [0, 0.1) is 0 Å². The van der Waals surface area contributed by atoms with Gasteiger partial charge in [-0.2, -0.15) is 0 Å². The van der Waals surface area contributed by atoms with Gasteiger partial charge in [-0.1, -0.05) is 55.1 Å². The summed E-state index contributed by atoms with van der Waals surface area (Å²) in [5, 5.41) is 0. The van der Waals surface area contributed by atoms with Crippen molar-refractivity contribution in [2.24, 2.45) is 0 Å². The van der Waals surface area contributed by atoms with Crippen LogP contribution in [0.25, 0.3) is 11.1 Å². The minimum atomic E-state index is -0.218. The maximum atomic E-state index is 12.4. The molecule has 4 rings (SSSR count). The van der Waals surface area contributed by atoms with Gasteiger partial charge in [0.25, 0.3) is 0 Å². The highest BCUT2D eigenvalue weighted by Crippen LogP contribution is 2.44. The minimum Gasteiger partial charge on any atom is -0.448 e. The molecule has 0 unspecified atom stereocenters. The van der Waals surface area contributed by atoms with Crippen LogP contribution in [-0.2, 0) is 4.74 Å². The molecule has 0 N–H and O–H groups in total. The van der Waals surface area contributed by atoms with Gasteiger partial charge in [-0.15, -0.1) is 5.73 Å².